The van der Waals surface area contributed by atoms with Gasteiger partial charge in [0.25, 0.3) is 0 Å². The summed E-state index contributed by atoms with van der Waals surface area (Å²) < 4.78 is 0. The maximum atomic E-state index is 11.6. The van der Waals surface area contributed by atoms with Crippen LogP contribution in [0.25, 0.3) is 6.08 Å². The molecular weight excluding hydrogens is 236 g/mol. The lowest BCUT2D eigenvalue weighted by atomic mass is 10.1. The Bertz CT molecular complexity index is 526. The Morgan fingerprint density at radius 3 is 2.68 bits per heavy atom. The van der Waals surface area contributed by atoms with Gasteiger partial charge in [0.1, 0.15) is 0 Å². The van der Waals surface area contributed by atoms with Gasteiger partial charge < -0.3 is 0 Å². The fourth-order valence-corrected chi connectivity index (χ4v) is 1.88. The van der Waals surface area contributed by atoms with Crippen LogP contribution in [0.4, 0.5) is 0 Å². The monoisotopic (exact) mass is 254 g/mol. The van der Waals surface area contributed by atoms with Gasteiger partial charge in [-0.1, -0.05) is 42.0 Å². The summed E-state index contributed by atoms with van der Waals surface area (Å²) in [5.74, 6) is 0.0624. The number of nitrogens with zero attached hydrogens (tertiary/aromatic N) is 2. The van der Waals surface area contributed by atoms with Crippen LogP contribution in [-0.4, -0.2) is 23.2 Å². The first-order chi connectivity index (χ1) is 9.19. The van der Waals surface area contributed by atoms with E-state index in [9.17, 15) is 4.79 Å². The Balaban J connectivity index is 2.09. The molecule has 2 rings (SSSR count). The Morgan fingerprint density at radius 2 is 2.00 bits per heavy atom. The molecule has 1 aliphatic heterocycles. The van der Waals surface area contributed by atoms with E-state index in [-0.39, 0.29) is 5.91 Å². The van der Waals surface area contributed by atoms with Gasteiger partial charge in [0, 0.05) is 12.8 Å². The maximum absolute atomic E-state index is 11.6. The van der Waals surface area contributed by atoms with E-state index in [1.165, 1.54) is 10.6 Å². The summed E-state index contributed by atoms with van der Waals surface area (Å²) in [5, 5.41) is 5.81. The largest absolute Gasteiger partial charge is 0.273 e. The number of carbonyl (C=O) groups is 1. The van der Waals surface area contributed by atoms with E-state index in [1.54, 1.807) is 6.08 Å². The van der Waals surface area contributed by atoms with Crippen molar-refractivity contribution in [3.05, 3.63) is 54.1 Å². The Kier molecular flexibility index (Phi) is 4.29. The van der Waals surface area contributed by atoms with Gasteiger partial charge in [-0.2, -0.15) is 5.10 Å². The topological polar surface area (TPSA) is 32.7 Å². The van der Waals surface area contributed by atoms with Gasteiger partial charge >= 0.3 is 0 Å². The molecule has 0 N–H and O–H groups in total. The molecule has 0 fully saturated rings. The van der Waals surface area contributed by atoms with Gasteiger partial charge in [0.15, 0.2) is 0 Å². The molecule has 98 valence electrons. The summed E-state index contributed by atoms with van der Waals surface area (Å²) in [6.07, 6.45) is 6.92. The van der Waals surface area contributed by atoms with Crippen molar-refractivity contribution in [3.8, 4) is 0 Å². The minimum absolute atomic E-state index is 0.0624. The third-order valence-electron chi connectivity index (χ3n) is 2.98. The van der Waals surface area contributed by atoms with Crippen LogP contribution in [0.2, 0.25) is 0 Å². The quantitative estimate of drug-likeness (QED) is 0.760. The lowest BCUT2D eigenvalue weighted by Gasteiger charge is -2.20. The number of hydrogen-bond donors (Lipinski definition) is 0. The highest BCUT2D eigenvalue weighted by molar-refractivity contribution is 6.02. The van der Waals surface area contributed by atoms with Crippen LogP contribution in [0, 0.1) is 6.92 Å². The number of aryl methyl sites for hydroxylation is 1. The summed E-state index contributed by atoms with van der Waals surface area (Å²) in [5.41, 5.74) is 3.32. The minimum atomic E-state index is 0.0624. The molecule has 1 aromatic carbocycles. The molecule has 3 heteroatoms. The van der Waals surface area contributed by atoms with E-state index in [4.69, 9.17) is 0 Å². The molecule has 3 nitrogen and oxygen atoms in total. The second-order valence-electron chi connectivity index (χ2n) is 4.60. The zero-order valence-electron chi connectivity index (χ0n) is 11.2. The second kappa shape index (κ2) is 6.14. The number of allylic oxidation sites excluding steroid dienone is 1. The first-order valence-corrected chi connectivity index (χ1v) is 6.42. The first kappa shape index (κ1) is 13.3. The molecule has 0 spiro atoms. The molecule has 1 heterocycles. The lowest BCUT2D eigenvalue weighted by Crippen LogP contribution is -2.31. The normalized spacial score (nSPS) is 15.7. The number of amides is 1. The van der Waals surface area contributed by atoms with Crippen molar-refractivity contribution in [2.45, 2.75) is 19.8 Å². The van der Waals surface area contributed by atoms with Gasteiger partial charge in [0.05, 0.1) is 12.3 Å². The predicted molar refractivity (Wildman–Crippen MR) is 78.8 cm³/mol. The number of carbonyl (C=O) groups excluding carboxylic acids is 1. The van der Waals surface area contributed by atoms with Crippen LogP contribution in [0.3, 0.4) is 0 Å². The average Bonchev–Trinajstić information content (AvgIpc) is 2.42. The lowest BCUT2D eigenvalue weighted by molar-refractivity contribution is -0.131. The summed E-state index contributed by atoms with van der Waals surface area (Å²) in [7, 11) is 0. The molecule has 0 aromatic heterocycles. The molecule has 1 aromatic rings. The maximum Gasteiger partial charge on any atom is 0.243 e. The van der Waals surface area contributed by atoms with Crippen LogP contribution < -0.4 is 0 Å². The number of rotatable bonds is 4. The fourth-order valence-electron chi connectivity index (χ4n) is 1.88. The number of benzene rings is 1. The standard InChI is InChI=1S/C16H18N2O/c1-3-12-18-16(19)11-10-15(17-18)9-8-14-6-4-13(2)5-7-14/h3-9H,1,10-12H2,2H3. The van der Waals surface area contributed by atoms with Crippen molar-refractivity contribution in [3.63, 3.8) is 0 Å². The molecule has 0 atom stereocenters. The van der Waals surface area contributed by atoms with Crippen molar-refractivity contribution in [1.29, 1.82) is 0 Å². The van der Waals surface area contributed by atoms with Gasteiger partial charge in [-0.25, -0.2) is 5.01 Å². The van der Waals surface area contributed by atoms with Gasteiger partial charge in [0.2, 0.25) is 5.91 Å². The summed E-state index contributed by atoms with van der Waals surface area (Å²) in [6.45, 7) is 6.17. The number of hydrogen-bond acceptors (Lipinski definition) is 2. The van der Waals surface area contributed by atoms with Crippen LogP contribution >= 0.6 is 0 Å². The van der Waals surface area contributed by atoms with Crippen molar-refractivity contribution in [2.75, 3.05) is 6.54 Å². The Hall–Kier alpha value is -2.16. The van der Waals surface area contributed by atoms with Gasteiger partial charge in [-0.15, -0.1) is 6.58 Å². The summed E-state index contributed by atoms with van der Waals surface area (Å²) in [4.78, 5) is 11.6. The van der Waals surface area contributed by atoms with E-state index >= 15 is 0 Å². The predicted octanol–water partition coefficient (Wildman–Crippen LogP) is 3.17. The molecule has 0 radical (unpaired) electrons. The third kappa shape index (κ3) is 3.65. The minimum Gasteiger partial charge on any atom is -0.273 e. The third-order valence-corrected chi connectivity index (χ3v) is 2.98. The first-order valence-electron chi connectivity index (χ1n) is 6.42. The molecule has 0 saturated heterocycles. The van der Waals surface area contributed by atoms with E-state index in [0.717, 1.165) is 11.3 Å². The van der Waals surface area contributed by atoms with E-state index < -0.39 is 0 Å². The molecule has 0 unspecified atom stereocenters. The molecule has 1 amide bonds. The Morgan fingerprint density at radius 1 is 1.26 bits per heavy atom. The molecule has 0 saturated carbocycles. The average molecular weight is 254 g/mol. The van der Waals surface area contributed by atoms with E-state index in [1.807, 2.05) is 12.2 Å². The van der Waals surface area contributed by atoms with Crippen molar-refractivity contribution < 1.29 is 4.79 Å². The molecule has 19 heavy (non-hydrogen) atoms. The highest BCUT2D eigenvalue weighted by Crippen LogP contribution is 2.12. The number of hydrazone groups is 1. The van der Waals surface area contributed by atoms with Crippen LogP contribution in [0.1, 0.15) is 24.0 Å². The van der Waals surface area contributed by atoms with Gasteiger partial charge in [-0.05, 0) is 18.6 Å². The zero-order chi connectivity index (χ0) is 13.7. The Labute approximate surface area is 113 Å². The summed E-state index contributed by atoms with van der Waals surface area (Å²) in [6, 6.07) is 8.30. The molecule has 0 bridgehead atoms. The summed E-state index contributed by atoms with van der Waals surface area (Å²) >= 11 is 0. The molecule has 0 aliphatic carbocycles. The van der Waals surface area contributed by atoms with Crippen LogP contribution in [0.5, 0.6) is 0 Å². The molecular formula is C16H18N2O. The fraction of sp³-hybridized carbons (Fsp3) is 0.250. The molecule has 1 aliphatic rings. The highest BCUT2D eigenvalue weighted by atomic mass is 16.2. The van der Waals surface area contributed by atoms with E-state index in [2.05, 4.69) is 42.9 Å². The zero-order valence-corrected chi connectivity index (χ0v) is 11.2. The van der Waals surface area contributed by atoms with Crippen molar-refractivity contribution in [2.24, 2.45) is 5.10 Å². The van der Waals surface area contributed by atoms with Crippen molar-refractivity contribution >= 4 is 17.7 Å². The van der Waals surface area contributed by atoms with E-state index in [0.29, 0.717) is 19.4 Å². The highest BCUT2D eigenvalue weighted by Gasteiger charge is 2.17. The SMILES string of the molecule is C=CCN1N=C(C=Cc2ccc(C)cc2)CCC1=O. The van der Waals surface area contributed by atoms with Crippen molar-refractivity contribution in [1.82, 2.24) is 5.01 Å². The van der Waals surface area contributed by atoms with Gasteiger partial charge in [-0.3, -0.25) is 4.79 Å². The van der Waals surface area contributed by atoms with Crippen LogP contribution in [-0.2, 0) is 4.79 Å². The second-order valence-corrected chi connectivity index (χ2v) is 4.60. The van der Waals surface area contributed by atoms with Crippen LogP contribution in [0.15, 0.2) is 48.1 Å². The smallest absolute Gasteiger partial charge is 0.243 e.